The van der Waals surface area contributed by atoms with Gasteiger partial charge in [0, 0.05) is 9.79 Å². The minimum absolute atomic E-state index is 0.0296. The summed E-state index contributed by atoms with van der Waals surface area (Å²) in [4.78, 5) is 0.625. The van der Waals surface area contributed by atoms with Crippen molar-refractivity contribution in [3.8, 4) is 11.5 Å². The van der Waals surface area contributed by atoms with Crippen LogP contribution in [-0.2, 0) is 30.7 Å². The highest BCUT2D eigenvalue weighted by Crippen LogP contribution is 2.38. The van der Waals surface area contributed by atoms with Gasteiger partial charge in [0.25, 0.3) is 10.0 Å². The first-order chi connectivity index (χ1) is 11.7. The summed E-state index contributed by atoms with van der Waals surface area (Å²) in [5, 5.41) is 5.14. The molecule has 25 heavy (non-hydrogen) atoms. The number of hydrogen-bond acceptors (Lipinski definition) is 6. The fraction of sp³-hybridized carbons (Fsp3) is 0.143. The molecule has 134 valence electrons. The van der Waals surface area contributed by atoms with Crippen molar-refractivity contribution in [1.29, 1.82) is 0 Å². The van der Waals surface area contributed by atoms with E-state index in [9.17, 15) is 16.8 Å². The van der Waals surface area contributed by atoms with Crippen LogP contribution in [0.2, 0.25) is 0 Å². The number of benzene rings is 2. The molecule has 11 heteroatoms. The summed E-state index contributed by atoms with van der Waals surface area (Å²) in [5.41, 5.74) is 0. The Morgan fingerprint density at radius 2 is 1.72 bits per heavy atom. The lowest BCUT2D eigenvalue weighted by Gasteiger charge is -2.10. The maximum absolute atomic E-state index is 12.3. The van der Waals surface area contributed by atoms with E-state index in [1.807, 2.05) is 0 Å². The van der Waals surface area contributed by atoms with Crippen LogP contribution in [0.1, 0.15) is 0 Å². The predicted octanol–water partition coefficient (Wildman–Crippen LogP) is 1.27. The van der Waals surface area contributed by atoms with Crippen LogP contribution >= 0.6 is 0 Å². The van der Waals surface area contributed by atoms with E-state index in [2.05, 4.69) is 3.77 Å². The highest BCUT2D eigenvalue weighted by Gasteiger charge is 2.30. The Morgan fingerprint density at radius 3 is 2.32 bits per heavy atom. The summed E-state index contributed by atoms with van der Waals surface area (Å²) in [6, 6.07) is 8.51. The second-order valence-corrected chi connectivity index (χ2v) is 10.0. The number of primary sulfonamides is 1. The molecule has 0 bridgehead atoms. The van der Waals surface area contributed by atoms with E-state index in [4.69, 9.17) is 14.6 Å². The van der Waals surface area contributed by atoms with Gasteiger partial charge in [-0.15, -0.1) is 3.77 Å². The molecule has 3 rings (SSSR count). The lowest BCUT2D eigenvalue weighted by Crippen LogP contribution is -2.12. The number of ether oxygens (including phenoxy) is 2. The third-order valence-corrected chi connectivity index (χ3v) is 8.27. The summed E-state index contributed by atoms with van der Waals surface area (Å²) >= 11 is 0. The van der Waals surface area contributed by atoms with Gasteiger partial charge >= 0.3 is 0 Å². The fourth-order valence-electron chi connectivity index (χ4n) is 2.31. The highest BCUT2D eigenvalue weighted by atomic mass is 32.3. The van der Waals surface area contributed by atoms with Crippen molar-refractivity contribution in [2.45, 2.75) is 19.6 Å². The Labute approximate surface area is 147 Å². The van der Waals surface area contributed by atoms with Crippen molar-refractivity contribution < 1.29 is 26.3 Å². The Balaban J connectivity index is 2.24. The third kappa shape index (κ3) is 3.15. The average molecular weight is 402 g/mol. The molecule has 1 aliphatic rings. The Hall–Kier alpha value is -1.95. The second-order valence-electron chi connectivity index (χ2n) is 5.00. The van der Waals surface area contributed by atoms with Crippen molar-refractivity contribution in [3.63, 3.8) is 0 Å². The number of hydrogen-bond donors (Lipinski definition) is 1. The highest BCUT2D eigenvalue weighted by molar-refractivity contribution is 8.03. The van der Waals surface area contributed by atoms with Crippen LogP contribution in [0, 0.1) is 0 Å². The smallest absolute Gasteiger partial charge is 0.289 e. The fourth-order valence-corrected chi connectivity index (χ4v) is 6.97. The lowest BCUT2D eigenvalue weighted by atomic mass is 10.3. The number of fused-ring (bicyclic) bond motifs is 1. The first-order valence-electron chi connectivity index (χ1n) is 6.78. The van der Waals surface area contributed by atoms with Gasteiger partial charge in [0.2, 0.25) is 10.0 Å². The number of nitrogens with zero attached hydrogens (tertiary/aromatic N) is 1. The molecule has 2 N–H and O–H groups in total. The summed E-state index contributed by atoms with van der Waals surface area (Å²) in [6.45, 7) is 0. The van der Waals surface area contributed by atoms with Crippen molar-refractivity contribution in [3.05, 3.63) is 36.4 Å². The molecular weight excluding hydrogens is 388 g/mol. The molecular formula is C14H14N2O6S3. The topological polar surface area (TPSA) is 125 Å². The molecule has 0 fully saturated rings. The Morgan fingerprint density at radius 1 is 1.04 bits per heavy atom. The molecule has 2 aromatic carbocycles. The summed E-state index contributed by atoms with van der Waals surface area (Å²) in [5.74, 6) is 0.895. The van der Waals surface area contributed by atoms with Gasteiger partial charge in [-0.3, -0.25) is 0 Å². The molecule has 0 radical (unpaired) electrons. The average Bonchev–Trinajstić information content (AvgIpc) is 2.84. The van der Waals surface area contributed by atoms with E-state index >= 15 is 0 Å². The van der Waals surface area contributed by atoms with E-state index in [1.165, 1.54) is 26.4 Å². The molecule has 0 aromatic heterocycles. The normalized spacial score (nSPS) is 18.3. The van der Waals surface area contributed by atoms with E-state index in [1.54, 1.807) is 18.2 Å². The zero-order valence-corrected chi connectivity index (χ0v) is 15.6. The number of sulfonamides is 2. The molecule has 1 heterocycles. The summed E-state index contributed by atoms with van der Waals surface area (Å²) < 4.78 is 62.0. The largest absolute Gasteiger partial charge is 0.493 e. The molecule has 0 amide bonds. The van der Waals surface area contributed by atoms with Gasteiger partial charge < -0.3 is 9.47 Å². The number of nitrogens with two attached hydrogens (primary N) is 1. The van der Waals surface area contributed by atoms with Gasteiger partial charge in [-0.1, -0.05) is 0 Å². The first-order valence-corrected chi connectivity index (χ1v) is 11.0. The molecule has 0 saturated heterocycles. The Kier molecular flexibility index (Phi) is 4.35. The van der Waals surface area contributed by atoms with Crippen LogP contribution in [0.15, 0.2) is 59.7 Å². The number of rotatable bonds is 4. The van der Waals surface area contributed by atoms with E-state index in [-0.39, 0.29) is 14.7 Å². The van der Waals surface area contributed by atoms with Crippen molar-refractivity contribution in [2.75, 3.05) is 14.2 Å². The zero-order valence-electron chi connectivity index (χ0n) is 13.2. The first kappa shape index (κ1) is 17.9. The molecule has 0 aliphatic carbocycles. The molecule has 2 aromatic rings. The van der Waals surface area contributed by atoms with Crippen LogP contribution in [0.5, 0.6) is 11.5 Å². The van der Waals surface area contributed by atoms with E-state index in [0.29, 0.717) is 16.4 Å². The molecule has 8 nitrogen and oxygen atoms in total. The van der Waals surface area contributed by atoms with Crippen LogP contribution in [0.4, 0.5) is 0 Å². The molecule has 1 unspecified atom stereocenters. The van der Waals surface area contributed by atoms with Crippen molar-refractivity contribution >= 4 is 30.7 Å². The predicted molar refractivity (Wildman–Crippen MR) is 90.9 cm³/mol. The molecule has 1 aliphatic heterocycles. The van der Waals surface area contributed by atoms with Gasteiger partial charge in [-0.05, 0) is 47.1 Å². The van der Waals surface area contributed by atoms with Gasteiger partial charge in [0.15, 0.2) is 11.5 Å². The van der Waals surface area contributed by atoms with Crippen molar-refractivity contribution in [1.82, 2.24) is 0 Å². The van der Waals surface area contributed by atoms with Gasteiger partial charge in [0.1, 0.15) is 4.90 Å². The van der Waals surface area contributed by atoms with Crippen LogP contribution < -0.4 is 14.6 Å². The van der Waals surface area contributed by atoms with Crippen LogP contribution in [0.25, 0.3) is 0 Å². The van der Waals surface area contributed by atoms with Crippen molar-refractivity contribution in [2.24, 2.45) is 8.91 Å². The summed E-state index contributed by atoms with van der Waals surface area (Å²) in [7, 11) is -6.12. The van der Waals surface area contributed by atoms with Crippen LogP contribution in [-0.4, -0.2) is 31.1 Å². The monoisotopic (exact) mass is 402 g/mol. The van der Waals surface area contributed by atoms with Gasteiger partial charge in [-0.25, -0.2) is 13.6 Å². The minimum atomic E-state index is -3.97. The molecule has 1 atom stereocenters. The summed E-state index contributed by atoms with van der Waals surface area (Å²) in [6.07, 6.45) is 0. The SMILES string of the molecule is COc1ccc(S2=NS(=O)(=O)c3ccc(S(N)(=O)=O)cc32)cc1OC. The maximum Gasteiger partial charge on any atom is 0.289 e. The third-order valence-electron chi connectivity index (χ3n) is 3.48. The van der Waals surface area contributed by atoms with Crippen LogP contribution in [0.3, 0.4) is 0 Å². The second kappa shape index (κ2) is 6.09. The molecule has 0 spiro atoms. The standard InChI is InChI=1S/C14H14N2O6S3/c1-21-11-5-3-9(7-12(11)22-2)23-13-8-10(24(15,17)18)4-6-14(13)25(19,20)16-23/h3-8H,1-2H3,(H2,15,17,18). The minimum Gasteiger partial charge on any atom is -0.493 e. The van der Waals surface area contributed by atoms with E-state index in [0.717, 1.165) is 6.07 Å². The van der Waals surface area contributed by atoms with E-state index < -0.39 is 30.7 Å². The Bertz CT molecular complexity index is 1110. The molecule has 0 saturated carbocycles. The maximum atomic E-state index is 12.3. The lowest BCUT2D eigenvalue weighted by molar-refractivity contribution is 0.354. The zero-order chi connectivity index (χ0) is 18.4. The number of methoxy groups -OCH3 is 2. The quantitative estimate of drug-likeness (QED) is 0.821. The van der Waals surface area contributed by atoms with Gasteiger partial charge in [0.05, 0.1) is 19.1 Å². The van der Waals surface area contributed by atoms with Gasteiger partial charge in [-0.2, -0.15) is 8.42 Å².